The highest BCUT2D eigenvalue weighted by Gasteiger charge is 2.17. The molecule has 25 heavy (non-hydrogen) atoms. The lowest BCUT2D eigenvalue weighted by molar-refractivity contribution is 0.0790. The predicted molar refractivity (Wildman–Crippen MR) is 101 cm³/mol. The van der Waals surface area contributed by atoms with Gasteiger partial charge in [-0.05, 0) is 47.9 Å². The molecule has 5 heteroatoms. The van der Waals surface area contributed by atoms with E-state index in [1.807, 2.05) is 56.4 Å². The molecule has 0 atom stereocenters. The van der Waals surface area contributed by atoms with Gasteiger partial charge in [0.05, 0.1) is 12.0 Å². The maximum Gasteiger partial charge on any atom is 0.263 e. The standard InChI is InChI=1S/C20H20N2O2S/c1-14-18(16-6-8-17(24-3)9-7-16)11-19(25-14)20(23)22(2)13-15-5-4-10-21-12-15/h4-12H,13H2,1-3H3. The lowest BCUT2D eigenvalue weighted by Crippen LogP contribution is -2.25. The second-order valence-electron chi connectivity index (χ2n) is 5.83. The summed E-state index contributed by atoms with van der Waals surface area (Å²) in [6, 6.07) is 13.7. The van der Waals surface area contributed by atoms with Gasteiger partial charge in [-0.15, -0.1) is 11.3 Å². The third-order valence-corrected chi connectivity index (χ3v) is 5.06. The molecule has 0 aliphatic rings. The highest BCUT2D eigenvalue weighted by molar-refractivity contribution is 7.14. The monoisotopic (exact) mass is 352 g/mol. The van der Waals surface area contributed by atoms with Gasteiger partial charge in [0.2, 0.25) is 0 Å². The molecule has 0 unspecified atom stereocenters. The van der Waals surface area contributed by atoms with E-state index in [4.69, 9.17) is 4.74 Å². The second kappa shape index (κ2) is 7.49. The molecule has 0 N–H and O–H groups in total. The number of carbonyl (C=O) groups is 1. The summed E-state index contributed by atoms with van der Waals surface area (Å²) in [6.45, 7) is 2.59. The van der Waals surface area contributed by atoms with Gasteiger partial charge in [0.25, 0.3) is 5.91 Å². The van der Waals surface area contributed by atoms with Gasteiger partial charge in [0, 0.05) is 30.9 Å². The van der Waals surface area contributed by atoms with Gasteiger partial charge in [-0.2, -0.15) is 0 Å². The molecule has 0 saturated carbocycles. The topological polar surface area (TPSA) is 42.4 Å². The maximum atomic E-state index is 12.7. The smallest absolute Gasteiger partial charge is 0.263 e. The summed E-state index contributed by atoms with van der Waals surface area (Å²) in [7, 11) is 3.47. The quantitative estimate of drug-likeness (QED) is 0.683. The molecule has 0 aliphatic heterocycles. The molecular formula is C20H20N2O2S. The van der Waals surface area contributed by atoms with Crippen LogP contribution in [0.3, 0.4) is 0 Å². The lowest BCUT2D eigenvalue weighted by Gasteiger charge is -2.15. The first-order chi connectivity index (χ1) is 12.1. The first-order valence-corrected chi connectivity index (χ1v) is 8.79. The summed E-state index contributed by atoms with van der Waals surface area (Å²) in [6.07, 6.45) is 3.52. The number of carbonyl (C=O) groups excluding carboxylic acids is 1. The Labute approximate surface area is 151 Å². The van der Waals surface area contributed by atoms with Crippen molar-refractivity contribution in [2.75, 3.05) is 14.2 Å². The van der Waals surface area contributed by atoms with Crippen molar-refractivity contribution in [2.45, 2.75) is 13.5 Å². The van der Waals surface area contributed by atoms with Gasteiger partial charge in [0.15, 0.2) is 0 Å². The zero-order valence-electron chi connectivity index (χ0n) is 14.5. The Morgan fingerprint density at radius 3 is 2.64 bits per heavy atom. The van der Waals surface area contributed by atoms with E-state index in [9.17, 15) is 4.79 Å². The number of aromatic nitrogens is 1. The number of rotatable bonds is 5. The van der Waals surface area contributed by atoms with Crippen LogP contribution in [0.25, 0.3) is 11.1 Å². The first-order valence-electron chi connectivity index (χ1n) is 7.97. The van der Waals surface area contributed by atoms with Crippen LogP contribution < -0.4 is 4.74 Å². The minimum atomic E-state index is 0.0247. The fraction of sp³-hybridized carbons (Fsp3) is 0.200. The molecule has 0 radical (unpaired) electrons. The molecule has 1 aromatic carbocycles. The summed E-state index contributed by atoms with van der Waals surface area (Å²) in [5.41, 5.74) is 3.19. The van der Waals surface area contributed by atoms with E-state index in [2.05, 4.69) is 4.98 Å². The van der Waals surface area contributed by atoms with Crippen LogP contribution in [0.4, 0.5) is 0 Å². The van der Waals surface area contributed by atoms with E-state index in [1.54, 1.807) is 24.4 Å². The molecule has 0 bridgehead atoms. The van der Waals surface area contributed by atoms with Gasteiger partial charge in [-0.25, -0.2) is 0 Å². The molecule has 0 spiro atoms. The molecule has 3 rings (SSSR count). The van der Waals surface area contributed by atoms with Crippen molar-refractivity contribution >= 4 is 17.2 Å². The summed E-state index contributed by atoms with van der Waals surface area (Å²) >= 11 is 1.53. The summed E-state index contributed by atoms with van der Waals surface area (Å²) < 4.78 is 5.20. The predicted octanol–water partition coefficient (Wildman–Crippen LogP) is 4.40. The number of aryl methyl sites for hydroxylation is 1. The molecule has 2 heterocycles. The normalized spacial score (nSPS) is 10.5. The fourth-order valence-electron chi connectivity index (χ4n) is 2.67. The number of nitrogens with zero attached hydrogens (tertiary/aromatic N) is 2. The number of methoxy groups -OCH3 is 1. The third-order valence-electron chi connectivity index (χ3n) is 4.02. The van der Waals surface area contributed by atoms with Gasteiger partial charge < -0.3 is 9.64 Å². The Balaban J connectivity index is 1.79. The summed E-state index contributed by atoms with van der Waals surface area (Å²) in [5.74, 6) is 0.848. The summed E-state index contributed by atoms with van der Waals surface area (Å²) in [5, 5.41) is 0. The van der Waals surface area contributed by atoms with Gasteiger partial charge in [-0.1, -0.05) is 18.2 Å². The number of ether oxygens (including phenoxy) is 1. The number of pyridine rings is 1. The van der Waals surface area contributed by atoms with E-state index in [1.165, 1.54) is 11.3 Å². The van der Waals surface area contributed by atoms with Crippen molar-refractivity contribution in [3.63, 3.8) is 0 Å². The first kappa shape index (κ1) is 17.2. The minimum Gasteiger partial charge on any atom is -0.497 e. The Morgan fingerprint density at radius 1 is 1.24 bits per heavy atom. The van der Waals surface area contributed by atoms with Gasteiger partial charge in [-0.3, -0.25) is 9.78 Å². The van der Waals surface area contributed by atoms with Crippen LogP contribution in [-0.2, 0) is 6.54 Å². The molecule has 3 aromatic rings. The van der Waals surface area contributed by atoms with E-state index in [0.29, 0.717) is 6.54 Å². The molecular weight excluding hydrogens is 332 g/mol. The fourth-order valence-corrected chi connectivity index (χ4v) is 3.71. The minimum absolute atomic E-state index is 0.0247. The van der Waals surface area contributed by atoms with Crippen LogP contribution in [0.1, 0.15) is 20.1 Å². The van der Waals surface area contributed by atoms with Crippen LogP contribution in [-0.4, -0.2) is 29.9 Å². The Morgan fingerprint density at radius 2 is 2.00 bits per heavy atom. The van der Waals surface area contributed by atoms with Crippen LogP contribution in [0.2, 0.25) is 0 Å². The van der Waals surface area contributed by atoms with E-state index >= 15 is 0 Å². The molecule has 1 amide bonds. The van der Waals surface area contributed by atoms with Crippen molar-refractivity contribution in [3.05, 3.63) is 70.2 Å². The highest BCUT2D eigenvalue weighted by atomic mass is 32.1. The lowest BCUT2D eigenvalue weighted by atomic mass is 10.1. The zero-order chi connectivity index (χ0) is 17.8. The van der Waals surface area contributed by atoms with Crippen molar-refractivity contribution in [1.29, 1.82) is 0 Å². The molecule has 0 saturated heterocycles. The van der Waals surface area contributed by atoms with E-state index < -0.39 is 0 Å². The molecule has 4 nitrogen and oxygen atoms in total. The second-order valence-corrected chi connectivity index (χ2v) is 7.09. The number of thiophene rings is 1. The third kappa shape index (κ3) is 3.88. The highest BCUT2D eigenvalue weighted by Crippen LogP contribution is 2.32. The van der Waals surface area contributed by atoms with Gasteiger partial charge >= 0.3 is 0 Å². The number of hydrogen-bond donors (Lipinski definition) is 0. The average Bonchev–Trinajstić information content (AvgIpc) is 3.03. The Hall–Kier alpha value is -2.66. The zero-order valence-corrected chi connectivity index (χ0v) is 15.3. The van der Waals surface area contributed by atoms with Crippen LogP contribution in [0.15, 0.2) is 54.9 Å². The molecule has 0 fully saturated rings. The Kier molecular flexibility index (Phi) is 5.14. The number of hydrogen-bond acceptors (Lipinski definition) is 4. The average molecular weight is 352 g/mol. The van der Waals surface area contributed by atoms with Crippen molar-refractivity contribution < 1.29 is 9.53 Å². The van der Waals surface area contributed by atoms with Crippen LogP contribution in [0.5, 0.6) is 5.75 Å². The Bertz CT molecular complexity index is 857. The molecule has 128 valence electrons. The number of benzene rings is 1. The van der Waals surface area contributed by atoms with Crippen molar-refractivity contribution in [3.8, 4) is 16.9 Å². The maximum absolute atomic E-state index is 12.7. The molecule has 2 aromatic heterocycles. The largest absolute Gasteiger partial charge is 0.497 e. The molecule has 0 aliphatic carbocycles. The number of amides is 1. The summed E-state index contributed by atoms with van der Waals surface area (Å²) in [4.78, 5) is 20.4. The van der Waals surface area contributed by atoms with E-state index in [-0.39, 0.29) is 5.91 Å². The van der Waals surface area contributed by atoms with Gasteiger partial charge in [0.1, 0.15) is 5.75 Å². The van der Waals surface area contributed by atoms with E-state index in [0.717, 1.165) is 32.2 Å². The van der Waals surface area contributed by atoms with Crippen molar-refractivity contribution in [2.24, 2.45) is 0 Å². The van der Waals surface area contributed by atoms with Crippen LogP contribution in [0, 0.1) is 6.92 Å². The van der Waals surface area contributed by atoms with Crippen LogP contribution >= 0.6 is 11.3 Å². The SMILES string of the molecule is COc1ccc(-c2cc(C(=O)N(C)Cc3cccnc3)sc2C)cc1. The van der Waals surface area contributed by atoms with Crippen molar-refractivity contribution in [1.82, 2.24) is 9.88 Å².